The van der Waals surface area contributed by atoms with Crippen LogP contribution < -0.4 is 0 Å². The van der Waals surface area contributed by atoms with E-state index in [4.69, 9.17) is 8.22 Å². The van der Waals surface area contributed by atoms with E-state index < -0.39 is 60.9 Å². The van der Waals surface area contributed by atoms with Gasteiger partial charge in [0.15, 0.2) is 0 Å². The maximum atomic E-state index is 14.3. The molecule has 3 unspecified atom stereocenters. The topological polar surface area (TPSA) is 60.7 Å². The number of alkyl halides is 5. The molecule has 7 atom stereocenters. The van der Waals surface area contributed by atoms with Crippen LogP contribution in [-0.4, -0.2) is 45.2 Å². The van der Waals surface area contributed by atoms with Crippen molar-refractivity contribution in [1.29, 1.82) is 0 Å². The van der Waals surface area contributed by atoms with Crippen LogP contribution in [0.1, 0.15) is 106 Å². The normalized spacial score (nSPS) is 38.1. The molecule has 0 radical (unpaired) electrons. The first-order valence-corrected chi connectivity index (χ1v) is 14.1. The Labute approximate surface area is 244 Å². The zero-order valence-electron chi connectivity index (χ0n) is 29.3. The average Bonchev–Trinajstić information content (AvgIpc) is 3.26. The van der Waals surface area contributed by atoms with E-state index in [0.29, 0.717) is 17.6 Å². The molecule has 0 aliphatic heterocycles. The number of aliphatic hydroxyl groups is 3. The highest BCUT2D eigenvalue weighted by atomic mass is 19.4. The van der Waals surface area contributed by atoms with Gasteiger partial charge in [-0.05, 0) is 111 Å². The summed E-state index contributed by atoms with van der Waals surface area (Å²) in [5.41, 5.74) is -2.20. The monoisotopic (exact) mass is 580 g/mol. The molecular weight excluding hydrogens is 527 g/mol. The molecule has 3 fully saturated rings. The van der Waals surface area contributed by atoms with Crippen LogP contribution >= 0.6 is 0 Å². The van der Waals surface area contributed by atoms with Gasteiger partial charge in [0.05, 0.1) is 11.7 Å². The van der Waals surface area contributed by atoms with Gasteiger partial charge in [0.1, 0.15) is 6.17 Å². The van der Waals surface area contributed by atoms with E-state index in [2.05, 4.69) is 13.5 Å². The molecule has 3 rings (SSSR count). The minimum absolute atomic E-state index is 0.00104. The van der Waals surface area contributed by atoms with Crippen LogP contribution in [0, 0.1) is 22.7 Å². The highest BCUT2D eigenvalue weighted by Crippen LogP contribution is 2.64. The second-order valence-corrected chi connectivity index (χ2v) is 12.7. The van der Waals surface area contributed by atoms with Crippen LogP contribution in [0.4, 0.5) is 22.0 Å². The molecule has 0 spiro atoms. The van der Waals surface area contributed by atoms with Crippen LogP contribution in [0.25, 0.3) is 0 Å². The van der Waals surface area contributed by atoms with Crippen molar-refractivity contribution >= 4 is 0 Å². The lowest BCUT2D eigenvalue weighted by atomic mass is 9.55. The van der Waals surface area contributed by atoms with Crippen molar-refractivity contribution in [1.82, 2.24) is 0 Å². The Bertz CT molecular complexity index is 1190. The van der Waals surface area contributed by atoms with Crippen molar-refractivity contribution in [2.45, 2.75) is 128 Å². The third-order valence-corrected chi connectivity index (χ3v) is 9.64. The Balaban J connectivity index is 1.95. The molecule has 228 valence electrons. The van der Waals surface area contributed by atoms with Crippen molar-refractivity contribution in [3.05, 3.63) is 47.6 Å². The maximum Gasteiger partial charge on any atom is 0.452 e. The Morgan fingerprint density at radius 3 is 2.48 bits per heavy atom. The number of hydrogen-bond acceptors (Lipinski definition) is 3. The third-order valence-electron chi connectivity index (χ3n) is 9.64. The Morgan fingerprint density at radius 1 is 1.12 bits per heavy atom. The van der Waals surface area contributed by atoms with Gasteiger partial charge in [-0.15, -0.1) is 0 Å². The molecule has 3 aliphatic carbocycles. The highest BCUT2D eigenvalue weighted by molar-refractivity contribution is 5.39. The molecular formula is C32H47F5O3. The lowest BCUT2D eigenvalue weighted by Crippen LogP contribution is -2.42. The van der Waals surface area contributed by atoms with E-state index in [1.54, 1.807) is 13.0 Å². The molecule has 8 heteroatoms. The van der Waals surface area contributed by atoms with E-state index in [1.807, 2.05) is 6.08 Å². The minimum atomic E-state index is -5.56. The largest absolute Gasteiger partial charge is 0.452 e. The smallest absolute Gasteiger partial charge is 0.393 e. The van der Waals surface area contributed by atoms with Crippen molar-refractivity contribution in [3.63, 3.8) is 0 Å². The van der Waals surface area contributed by atoms with Gasteiger partial charge >= 0.3 is 12.0 Å². The molecule has 0 amide bonds. The molecule has 3 aliphatic rings. The van der Waals surface area contributed by atoms with E-state index in [-0.39, 0.29) is 50.0 Å². The van der Waals surface area contributed by atoms with Crippen LogP contribution in [0.2, 0.25) is 0 Å². The van der Waals surface area contributed by atoms with E-state index >= 15 is 0 Å². The van der Waals surface area contributed by atoms with Crippen molar-refractivity contribution < 1.29 is 45.5 Å². The first kappa shape index (κ1) is 25.0. The Hall–Kier alpha value is -1.51. The summed E-state index contributed by atoms with van der Waals surface area (Å²) in [6.07, 6.45) is 0.290. The molecule has 0 bridgehead atoms. The van der Waals surface area contributed by atoms with Gasteiger partial charge in [-0.2, -0.15) is 17.6 Å². The third kappa shape index (κ3) is 7.46. The average molecular weight is 581 g/mol. The van der Waals surface area contributed by atoms with Crippen LogP contribution in [0.3, 0.4) is 0 Å². The second-order valence-electron chi connectivity index (χ2n) is 12.7. The fourth-order valence-electron chi connectivity index (χ4n) is 7.56. The summed E-state index contributed by atoms with van der Waals surface area (Å²) in [4.78, 5) is 0. The lowest BCUT2D eigenvalue weighted by molar-refractivity contribution is -0.290. The zero-order chi connectivity index (χ0) is 35.1. The second kappa shape index (κ2) is 12.0. The van der Waals surface area contributed by atoms with E-state index in [0.717, 1.165) is 37.3 Å². The molecule has 3 nitrogen and oxygen atoms in total. The van der Waals surface area contributed by atoms with Gasteiger partial charge in [0.25, 0.3) is 0 Å². The van der Waals surface area contributed by atoms with Crippen molar-refractivity contribution in [2.24, 2.45) is 22.7 Å². The summed E-state index contributed by atoms with van der Waals surface area (Å²) >= 11 is 0. The Morgan fingerprint density at radius 2 is 1.82 bits per heavy atom. The van der Waals surface area contributed by atoms with E-state index in [9.17, 15) is 37.3 Å². The first-order chi connectivity index (χ1) is 20.8. The quantitative estimate of drug-likeness (QED) is 0.190. The zero-order valence-corrected chi connectivity index (χ0v) is 23.3. The van der Waals surface area contributed by atoms with Gasteiger partial charge in [-0.1, -0.05) is 50.6 Å². The van der Waals surface area contributed by atoms with E-state index in [1.165, 1.54) is 0 Å². The summed E-state index contributed by atoms with van der Waals surface area (Å²) in [6.45, 7) is 1.26. The van der Waals surface area contributed by atoms with Gasteiger partial charge in [0, 0.05) is 14.6 Å². The molecule has 0 aromatic carbocycles. The summed E-state index contributed by atoms with van der Waals surface area (Å²) in [6, 6.07) is 0. The number of allylic oxidation sites excluding steroid dienone is 5. The number of fused-ring (bicyclic) bond motifs is 1. The van der Waals surface area contributed by atoms with Gasteiger partial charge in [-0.25, -0.2) is 4.39 Å². The number of halogens is 5. The maximum absolute atomic E-state index is 14.3. The highest BCUT2D eigenvalue weighted by Gasteiger charge is 2.56. The summed E-state index contributed by atoms with van der Waals surface area (Å²) in [5.74, 6) is -4.69. The first-order valence-electron chi connectivity index (χ1n) is 17.1. The SMILES string of the molecule is [2H]C([2H])([2H])C(O)(CCCC(C)(C/C=C/C(O)(F)C(F)(F)F)[C@H]1CCC2/C(=C/C=C3/C[C@@H](O)C[C@H](F)C3=C)CCC[C@@]21C)C([2H])([2H])[2H]. The van der Waals surface area contributed by atoms with Crippen LogP contribution in [0.5, 0.6) is 0 Å². The molecule has 40 heavy (non-hydrogen) atoms. The molecule has 0 heterocycles. The number of rotatable bonds is 9. The standard InChI is InChI=1S/C32H47F5O3/c1-21-23(19-24(38)20-26(21)33)11-10-22-9-6-17-30(5)25(22)12-13-27(30)29(4,15-7-14-28(2,3)39)16-8-18-31(34,40)32(35,36)37/h8,10-11,18,24-27,38-40H,1,6-7,9,12-17,19-20H2,2-5H3/b18-8+,22-10+,23-11-/t24-,25?,26+,27-,29?,30+,31?/m1/s1/i2D3,3D3. The summed E-state index contributed by atoms with van der Waals surface area (Å²) in [7, 11) is 0. The van der Waals surface area contributed by atoms with Gasteiger partial charge < -0.3 is 15.3 Å². The number of hydrogen-bond donors (Lipinski definition) is 3. The van der Waals surface area contributed by atoms with Gasteiger partial charge in [0.2, 0.25) is 0 Å². The van der Waals surface area contributed by atoms with Crippen molar-refractivity contribution in [2.75, 3.05) is 0 Å². The number of aliphatic hydroxyl groups excluding tert-OH is 1. The van der Waals surface area contributed by atoms with Gasteiger partial charge in [-0.3, -0.25) is 0 Å². The molecule has 0 saturated heterocycles. The molecule has 0 aromatic heterocycles. The fraction of sp³-hybridized carbons (Fsp3) is 0.750. The van der Waals surface area contributed by atoms with Crippen molar-refractivity contribution in [3.8, 4) is 0 Å². The molecule has 0 aromatic rings. The predicted octanol–water partition coefficient (Wildman–Crippen LogP) is 8.22. The summed E-state index contributed by atoms with van der Waals surface area (Å²) in [5, 5.41) is 30.2. The summed E-state index contributed by atoms with van der Waals surface area (Å²) < 4.78 is 114. The fourth-order valence-corrected chi connectivity index (χ4v) is 7.56. The Kier molecular flexibility index (Phi) is 7.51. The minimum Gasteiger partial charge on any atom is -0.393 e. The molecule has 3 saturated carbocycles. The lowest BCUT2D eigenvalue weighted by Gasteiger charge is -2.49. The van der Waals surface area contributed by atoms with Crippen LogP contribution in [0.15, 0.2) is 47.6 Å². The molecule has 3 N–H and O–H groups in total. The van der Waals surface area contributed by atoms with Crippen LogP contribution in [-0.2, 0) is 0 Å². The predicted molar refractivity (Wildman–Crippen MR) is 148 cm³/mol.